The van der Waals surface area contributed by atoms with Gasteiger partial charge in [0.25, 0.3) is 0 Å². The van der Waals surface area contributed by atoms with E-state index < -0.39 is 0 Å². The summed E-state index contributed by atoms with van der Waals surface area (Å²) < 4.78 is 10.6. The van der Waals surface area contributed by atoms with Crippen molar-refractivity contribution in [3.63, 3.8) is 0 Å². The van der Waals surface area contributed by atoms with Gasteiger partial charge in [-0.05, 0) is 18.2 Å². The number of methoxy groups -OCH3 is 2. The van der Waals surface area contributed by atoms with E-state index in [1.54, 1.807) is 14.2 Å². The lowest BCUT2D eigenvalue weighted by Gasteiger charge is -2.13. The summed E-state index contributed by atoms with van der Waals surface area (Å²) in [5.74, 6) is 3.62. The van der Waals surface area contributed by atoms with Gasteiger partial charge < -0.3 is 19.9 Å². The number of hydrogen-bond acceptors (Lipinski definition) is 5. The summed E-state index contributed by atoms with van der Waals surface area (Å²) in [4.78, 5) is 0. The molecule has 108 valence electrons. The highest BCUT2D eigenvalue weighted by Gasteiger charge is 2.08. The van der Waals surface area contributed by atoms with Crippen molar-refractivity contribution < 1.29 is 14.6 Å². The molecule has 1 aromatic carbocycles. The molecule has 1 aromatic rings. The number of para-hydroxylation sites is 1. The zero-order chi connectivity index (χ0) is 13.9. The third kappa shape index (κ3) is 5.72. The van der Waals surface area contributed by atoms with Gasteiger partial charge in [-0.1, -0.05) is 12.1 Å². The van der Waals surface area contributed by atoms with Crippen LogP contribution in [-0.4, -0.2) is 44.0 Å². The van der Waals surface area contributed by atoms with Crippen molar-refractivity contribution >= 4 is 11.8 Å². The average molecular weight is 285 g/mol. The molecule has 2 N–H and O–H groups in total. The highest BCUT2D eigenvalue weighted by atomic mass is 32.2. The van der Waals surface area contributed by atoms with Crippen LogP contribution >= 0.6 is 11.8 Å². The molecule has 0 fully saturated rings. The number of aliphatic hydroxyl groups is 1. The molecule has 0 bridgehead atoms. The Morgan fingerprint density at radius 3 is 2.74 bits per heavy atom. The van der Waals surface area contributed by atoms with Crippen molar-refractivity contribution in [3.05, 3.63) is 23.8 Å². The summed E-state index contributed by atoms with van der Waals surface area (Å²) in [5, 5.41) is 12.1. The van der Waals surface area contributed by atoms with Crippen LogP contribution in [0.2, 0.25) is 0 Å². The molecule has 5 heteroatoms. The van der Waals surface area contributed by atoms with Gasteiger partial charge in [-0.15, -0.1) is 0 Å². The van der Waals surface area contributed by atoms with E-state index in [-0.39, 0.29) is 6.61 Å². The first-order chi connectivity index (χ1) is 9.33. The van der Waals surface area contributed by atoms with E-state index in [1.165, 1.54) is 0 Å². The zero-order valence-electron chi connectivity index (χ0n) is 11.6. The highest BCUT2D eigenvalue weighted by Crippen LogP contribution is 2.30. The molecule has 1 rings (SSSR count). The molecule has 19 heavy (non-hydrogen) atoms. The van der Waals surface area contributed by atoms with E-state index in [0.29, 0.717) is 0 Å². The van der Waals surface area contributed by atoms with Crippen LogP contribution in [0.4, 0.5) is 0 Å². The van der Waals surface area contributed by atoms with Gasteiger partial charge >= 0.3 is 0 Å². The number of aliphatic hydroxyl groups excluding tert-OH is 1. The Kier molecular flexibility index (Phi) is 8.45. The third-order valence-electron chi connectivity index (χ3n) is 2.67. The summed E-state index contributed by atoms with van der Waals surface area (Å²) in [6, 6.07) is 5.90. The number of nitrogens with one attached hydrogen (secondary N) is 1. The van der Waals surface area contributed by atoms with E-state index in [1.807, 2.05) is 30.0 Å². The lowest BCUT2D eigenvalue weighted by molar-refractivity contribution is 0.296. The summed E-state index contributed by atoms with van der Waals surface area (Å²) in [6.07, 6.45) is 0.869. The first kappa shape index (κ1) is 16.1. The minimum Gasteiger partial charge on any atom is -0.493 e. The summed E-state index contributed by atoms with van der Waals surface area (Å²) in [6.45, 7) is 1.98. The van der Waals surface area contributed by atoms with E-state index >= 15 is 0 Å². The normalized spacial score (nSPS) is 10.5. The van der Waals surface area contributed by atoms with Gasteiger partial charge in [0.05, 0.1) is 14.2 Å². The molecule has 0 aromatic heterocycles. The molecule has 0 saturated heterocycles. The van der Waals surface area contributed by atoms with Crippen LogP contribution in [0.15, 0.2) is 18.2 Å². The van der Waals surface area contributed by atoms with Crippen LogP contribution in [0.25, 0.3) is 0 Å². The standard InChI is InChI=1S/C14H23NO3S/c1-17-13-6-3-5-12(14(13)18-2)11-15-7-10-19-9-4-8-16/h3,5-6,15-16H,4,7-11H2,1-2H3. The Morgan fingerprint density at radius 2 is 2.05 bits per heavy atom. The van der Waals surface area contributed by atoms with Crippen LogP contribution in [0, 0.1) is 0 Å². The molecule has 0 radical (unpaired) electrons. The SMILES string of the molecule is COc1cccc(CNCCSCCCO)c1OC. The lowest BCUT2D eigenvalue weighted by atomic mass is 10.2. The van der Waals surface area contributed by atoms with Gasteiger partial charge in [0.1, 0.15) is 0 Å². The van der Waals surface area contributed by atoms with E-state index in [9.17, 15) is 0 Å². The van der Waals surface area contributed by atoms with Crippen molar-refractivity contribution in [2.24, 2.45) is 0 Å². The summed E-state index contributed by atoms with van der Waals surface area (Å²) in [5.41, 5.74) is 1.10. The van der Waals surface area contributed by atoms with Gasteiger partial charge in [-0.3, -0.25) is 0 Å². The maximum atomic E-state index is 8.67. The summed E-state index contributed by atoms with van der Waals surface area (Å²) in [7, 11) is 3.30. The molecule has 4 nitrogen and oxygen atoms in total. The second-order valence-corrected chi connectivity index (χ2v) is 5.24. The van der Waals surface area contributed by atoms with Crippen LogP contribution in [0.1, 0.15) is 12.0 Å². The maximum Gasteiger partial charge on any atom is 0.165 e. The predicted molar refractivity (Wildman–Crippen MR) is 80.3 cm³/mol. The average Bonchev–Trinajstić information content (AvgIpc) is 2.45. The number of thioether (sulfide) groups is 1. The van der Waals surface area contributed by atoms with Crippen molar-refractivity contribution in [2.75, 3.05) is 38.9 Å². The predicted octanol–water partition coefficient (Wildman–Crippen LogP) is 1.91. The fraction of sp³-hybridized carbons (Fsp3) is 0.571. The first-order valence-corrected chi connectivity index (χ1v) is 7.58. The van der Waals surface area contributed by atoms with Gasteiger partial charge in [0.2, 0.25) is 0 Å². The van der Waals surface area contributed by atoms with E-state index in [4.69, 9.17) is 14.6 Å². The van der Waals surface area contributed by atoms with Crippen molar-refractivity contribution in [1.29, 1.82) is 0 Å². The van der Waals surface area contributed by atoms with Crippen LogP contribution in [0.3, 0.4) is 0 Å². The Balaban J connectivity index is 2.33. The van der Waals surface area contributed by atoms with Crippen LogP contribution < -0.4 is 14.8 Å². The Hall–Kier alpha value is -0.910. The lowest BCUT2D eigenvalue weighted by Crippen LogP contribution is -2.17. The molecule has 0 aliphatic rings. The molecule has 0 heterocycles. The van der Waals surface area contributed by atoms with E-state index in [0.717, 1.165) is 48.1 Å². The number of rotatable bonds is 10. The van der Waals surface area contributed by atoms with Gasteiger partial charge in [0.15, 0.2) is 11.5 Å². The molecule has 0 saturated carbocycles. The molecular weight excluding hydrogens is 262 g/mol. The minimum absolute atomic E-state index is 0.279. The Labute approximate surface area is 119 Å². The molecule has 0 atom stereocenters. The zero-order valence-corrected chi connectivity index (χ0v) is 12.5. The molecule has 0 amide bonds. The Bertz CT molecular complexity index is 361. The van der Waals surface area contributed by atoms with Gasteiger partial charge in [-0.25, -0.2) is 0 Å². The number of ether oxygens (including phenoxy) is 2. The second-order valence-electron chi connectivity index (χ2n) is 4.02. The Morgan fingerprint density at radius 1 is 1.21 bits per heavy atom. The van der Waals surface area contributed by atoms with Gasteiger partial charge in [-0.2, -0.15) is 11.8 Å². The fourth-order valence-corrected chi connectivity index (χ4v) is 2.56. The minimum atomic E-state index is 0.279. The monoisotopic (exact) mass is 285 g/mol. The van der Waals surface area contributed by atoms with Gasteiger partial charge in [0, 0.05) is 31.0 Å². The van der Waals surface area contributed by atoms with Crippen molar-refractivity contribution in [3.8, 4) is 11.5 Å². The van der Waals surface area contributed by atoms with Crippen molar-refractivity contribution in [1.82, 2.24) is 5.32 Å². The maximum absolute atomic E-state index is 8.67. The smallest absolute Gasteiger partial charge is 0.165 e. The first-order valence-electron chi connectivity index (χ1n) is 6.42. The second kappa shape index (κ2) is 9.95. The molecule has 0 aliphatic carbocycles. The van der Waals surface area contributed by atoms with Crippen LogP contribution in [-0.2, 0) is 6.54 Å². The number of benzene rings is 1. The molecule has 0 unspecified atom stereocenters. The van der Waals surface area contributed by atoms with E-state index in [2.05, 4.69) is 5.32 Å². The number of hydrogen-bond donors (Lipinski definition) is 2. The topological polar surface area (TPSA) is 50.7 Å². The third-order valence-corrected chi connectivity index (χ3v) is 3.74. The molecular formula is C14H23NO3S. The fourth-order valence-electron chi connectivity index (χ4n) is 1.73. The largest absolute Gasteiger partial charge is 0.493 e. The molecule has 0 spiro atoms. The molecule has 0 aliphatic heterocycles. The van der Waals surface area contributed by atoms with Crippen LogP contribution in [0.5, 0.6) is 11.5 Å². The van der Waals surface area contributed by atoms with Crippen molar-refractivity contribution in [2.45, 2.75) is 13.0 Å². The summed E-state index contributed by atoms with van der Waals surface area (Å²) >= 11 is 1.85. The highest BCUT2D eigenvalue weighted by molar-refractivity contribution is 7.99. The quantitative estimate of drug-likeness (QED) is 0.643.